The fraction of sp³-hybridized carbons (Fsp3) is 0.571. The van der Waals surface area contributed by atoms with Crippen LogP contribution in [0.1, 0.15) is 24.0 Å². The molecule has 3 nitrogen and oxygen atoms in total. The van der Waals surface area contributed by atoms with E-state index >= 15 is 0 Å². The van der Waals surface area contributed by atoms with Crippen LogP contribution in [-0.4, -0.2) is 27.3 Å². The molecule has 1 saturated heterocycles. The standard InChI is InChI=1S/C14H21NO2S/c1-11-5-6-12(2)14(8-11)18(16,17)10-13-4-3-7-15-9-13/h5-6,8,13,15H,3-4,7,9-10H2,1-2H3. The molecule has 0 amide bonds. The Morgan fingerprint density at radius 3 is 2.78 bits per heavy atom. The van der Waals surface area contributed by atoms with Gasteiger partial charge in [-0.05, 0) is 62.9 Å². The van der Waals surface area contributed by atoms with Crippen LogP contribution >= 0.6 is 0 Å². The largest absolute Gasteiger partial charge is 0.316 e. The predicted molar refractivity (Wildman–Crippen MR) is 73.6 cm³/mol. The zero-order valence-corrected chi connectivity index (χ0v) is 11.9. The van der Waals surface area contributed by atoms with Gasteiger partial charge in [-0.25, -0.2) is 8.42 Å². The number of benzene rings is 1. The number of aryl methyl sites for hydroxylation is 2. The first-order valence-corrected chi connectivity index (χ1v) is 8.15. The van der Waals surface area contributed by atoms with Gasteiger partial charge in [0.25, 0.3) is 0 Å². The maximum atomic E-state index is 12.4. The van der Waals surface area contributed by atoms with E-state index in [-0.39, 0.29) is 11.7 Å². The third-order valence-corrected chi connectivity index (χ3v) is 5.55. The van der Waals surface area contributed by atoms with E-state index in [1.807, 2.05) is 26.0 Å². The molecule has 0 radical (unpaired) electrons. The lowest BCUT2D eigenvalue weighted by Crippen LogP contribution is -2.33. The van der Waals surface area contributed by atoms with E-state index < -0.39 is 9.84 Å². The zero-order valence-electron chi connectivity index (χ0n) is 11.1. The van der Waals surface area contributed by atoms with Crippen LogP contribution in [0.4, 0.5) is 0 Å². The molecular formula is C14H21NO2S. The molecule has 0 bridgehead atoms. The summed E-state index contributed by atoms with van der Waals surface area (Å²) in [5, 5.41) is 3.27. The fourth-order valence-electron chi connectivity index (χ4n) is 2.51. The summed E-state index contributed by atoms with van der Waals surface area (Å²) < 4.78 is 24.9. The van der Waals surface area contributed by atoms with Crippen LogP contribution < -0.4 is 5.32 Å². The maximum Gasteiger partial charge on any atom is 0.178 e. The Hall–Kier alpha value is -0.870. The molecule has 0 aliphatic carbocycles. The lowest BCUT2D eigenvalue weighted by atomic mass is 10.0. The molecule has 1 heterocycles. The summed E-state index contributed by atoms with van der Waals surface area (Å²) in [5.74, 6) is 0.522. The van der Waals surface area contributed by atoms with Gasteiger partial charge in [-0.15, -0.1) is 0 Å². The summed E-state index contributed by atoms with van der Waals surface area (Å²) >= 11 is 0. The summed E-state index contributed by atoms with van der Waals surface area (Å²) in [5.41, 5.74) is 1.85. The third kappa shape index (κ3) is 3.12. The molecule has 1 aliphatic heterocycles. The Morgan fingerprint density at radius 2 is 2.11 bits per heavy atom. The molecule has 1 N–H and O–H groups in total. The highest BCUT2D eigenvalue weighted by Crippen LogP contribution is 2.22. The van der Waals surface area contributed by atoms with Crippen molar-refractivity contribution >= 4 is 9.84 Å². The minimum Gasteiger partial charge on any atom is -0.316 e. The molecule has 1 aromatic rings. The van der Waals surface area contributed by atoms with Crippen LogP contribution in [0.15, 0.2) is 23.1 Å². The van der Waals surface area contributed by atoms with E-state index in [1.54, 1.807) is 6.07 Å². The molecule has 2 rings (SSSR count). The van der Waals surface area contributed by atoms with Gasteiger partial charge in [0.1, 0.15) is 0 Å². The molecule has 1 atom stereocenters. The van der Waals surface area contributed by atoms with Gasteiger partial charge in [-0.3, -0.25) is 0 Å². The maximum absolute atomic E-state index is 12.4. The quantitative estimate of drug-likeness (QED) is 0.912. The normalized spacial score (nSPS) is 20.9. The number of hydrogen-bond donors (Lipinski definition) is 1. The lowest BCUT2D eigenvalue weighted by molar-refractivity contribution is 0.404. The molecule has 1 fully saturated rings. The van der Waals surface area contributed by atoms with Crippen LogP contribution in [0.25, 0.3) is 0 Å². The van der Waals surface area contributed by atoms with Gasteiger partial charge in [-0.1, -0.05) is 12.1 Å². The highest BCUT2D eigenvalue weighted by Gasteiger charge is 2.24. The number of sulfone groups is 1. The van der Waals surface area contributed by atoms with E-state index in [0.717, 1.165) is 37.1 Å². The number of nitrogens with one attached hydrogen (secondary N) is 1. The highest BCUT2D eigenvalue weighted by atomic mass is 32.2. The van der Waals surface area contributed by atoms with Gasteiger partial charge in [0.05, 0.1) is 10.6 Å². The monoisotopic (exact) mass is 267 g/mol. The average molecular weight is 267 g/mol. The zero-order chi connectivity index (χ0) is 13.2. The van der Waals surface area contributed by atoms with Gasteiger partial charge < -0.3 is 5.32 Å². The predicted octanol–water partition coefficient (Wildman–Crippen LogP) is 2.08. The average Bonchev–Trinajstić information content (AvgIpc) is 2.33. The molecule has 18 heavy (non-hydrogen) atoms. The molecule has 4 heteroatoms. The van der Waals surface area contributed by atoms with E-state index in [4.69, 9.17) is 0 Å². The molecule has 1 aliphatic rings. The van der Waals surface area contributed by atoms with Gasteiger partial charge in [0.15, 0.2) is 9.84 Å². The molecule has 0 aromatic heterocycles. The molecule has 0 saturated carbocycles. The van der Waals surface area contributed by atoms with Gasteiger partial charge in [-0.2, -0.15) is 0 Å². The summed E-state index contributed by atoms with van der Waals surface area (Å²) in [7, 11) is -3.15. The van der Waals surface area contributed by atoms with Gasteiger partial charge in [0.2, 0.25) is 0 Å². The van der Waals surface area contributed by atoms with Crippen LogP contribution in [-0.2, 0) is 9.84 Å². The Morgan fingerprint density at radius 1 is 1.33 bits per heavy atom. The Bertz CT molecular complexity index is 517. The second kappa shape index (κ2) is 5.41. The van der Waals surface area contributed by atoms with Gasteiger partial charge in [0, 0.05) is 0 Å². The lowest BCUT2D eigenvalue weighted by Gasteiger charge is -2.22. The van der Waals surface area contributed by atoms with Gasteiger partial charge >= 0.3 is 0 Å². The van der Waals surface area contributed by atoms with Crippen molar-refractivity contribution in [1.82, 2.24) is 5.32 Å². The molecule has 100 valence electrons. The number of hydrogen-bond acceptors (Lipinski definition) is 3. The van der Waals surface area contributed by atoms with E-state index in [0.29, 0.717) is 4.90 Å². The fourth-order valence-corrected chi connectivity index (χ4v) is 4.52. The molecule has 0 spiro atoms. The smallest absolute Gasteiger partial charge is 0.178 e. The van der Waals surface area contributed by atoms with Crippen molar-refractivity contribution in [3.05, 3.63) is 29.3 Å². The molecule has 1 unspecified atom stereocenters. The molecular weight excluding hydrogens is 246 g/mol. The first-order valence-electron chi connectivity index (χ1n) is 6.50. The van der Waals surface area contributed by atoms with Crippen LogP contribution in [0.5, 0.6) is 0 Å². The number of rotatable bonds is 3. The third-order valence-electron chi connectivity index (χ3n) is 3.53. The van der Waals surface area contributed by atoms with Crippen molar-refractivity contribution in [3.8, 4) is 0 Å². The Kier molecular flexibility index (Phi) is 4.07. The topological polar surface area (TPSA) is 46.2 Å². The summed E-state index contributed by atoms with van der Waals surface area (Å²) in [4.78, 5) is 0.507. The highest BCUT2D eigenvalue weighted by molar-refractivity contribution is 7.91. The first kappa shape index (κ1) is 13.6. The minimum atomic E-state index is -3.15. The molecule has 1 aromatic carbocycles. The van der Waals surface area contributed by atoms with Crippen molar-refractivity contribution in [2.75, 3.05) is 18.8 Å². The van der Waals surface area contributed by atoms with E-state index in [9.17, 15) is 8.42 Å². The van der Waals surface area contributed by atoms with Crippen molar-refractivity contribution in [1.29, 1.82) is 0 Å². The van der Waals surface area contributed by atoms with Crippen molar-refractivity contribution in [2.45, 2.75) is 31.6 Å². The van der Waals surface area contributed by atoms with Crippen molar-refractivity contribution in [3.63, 3.8) is 0 Å². The van der Waals surface area contributed by atoms with Crippen molar-refractivity contribution in [2.24, 2.45) is 5.92 Å². The van der Waals surface area contributed by atoms with Crippen LogP contribution in [0, 0.1) is 19.8 Å². The number of piperidine rings is 1. The SMILES string of the molecule is Cc1ccc(C)c(S(=O)(=O)CC2CCCNC2)c1. The minimum absolute atomic E-state index is 0.253. The second-order valence-electron chi connectivity index (χ2n) is 5.26. The summed E-state index contributed by atoms with van der Waals surface area (Å²) in [6.45, 7) is 5.64. The summed E-state index contributed by atoms with van der Waals surface area (Å²) in [6.07, 6.45) is 2.09. The van der Waals surface area contributed by atoms with Crippen molar-refractivity contribution < 1.29 is 8.42 Å². The van der Waals surface area contributed by atoms with Crippen LogP contribution in [0.2, 0.25) is 0 Å². The Labute approximate surface area is 110 Å². The second-order valence-corrected chi connectivity index (χ2v) is 7.27. The first-order chi connectivity index (χ1) is 8.49. The Balaban J connectivity index is 2.21. The summed E-state index contributed by atoms with van der Waals surface area (Å²) in [6, 6.07) is 5.64. The van der Waals surface area contributed by atoms with E-state index in [1.165, 1.54) is 0 Å². The van der Waals surface area contributed by atoms with E-state index in [2.05, 4.69) is 5.32 Å². The van der Waals surface area contributed by atoms with Crippen LogP contribution in [0.3, 0.4) is 0 Å².